The third-order valence-corrected chi connectivity index (χ3v) is 5.36. The first-order valence-corrected chi connectivity index (χ1v) is 8.79. The number of aliphatic hydroxyl groups is 1. The Morgan fingerprint density at radius 1 is 1.32 bits per heavy atom. The van der Waals surface area contributed by atoms with Gasteiger partial charge in [0.25, 0.3) is 0 Å². The van der Waals surface area contributed by atoms with Crippen LogP contribution < -0.4 is 0 Å². The molecular formula is C18H21N3O4. The largest absolute Gasteiger partial charge is 0.378 e. The lowest BCUT2D eigenvalue weighted by Crippen LogP contribution is -2.44. The molecule has 3 aliphatic heterocycles. The van der Waals surface area contributed by atoms with Gasteiger partial charge < -0.3 is 19.3 Å². The van der Waals surface area contributed by atoms with E-state index in [2.05, 4.69) is 28.5 Å². The highest BCUT2D eigenvalue weighted by molar-refractivity contribution is 5.33. The van der Waals surface area contributed by atoms with E-state index in [0.717, 1.165) is 25.0 Å². The lowest BCUT2D eigenvalue weighted by Gasteiger charge is -2.34. The Hall–Kier alpha value is -1.80. The first-order valence-electron chi connectivity index (χ1n) is 8.79. The average Bonchev–Trinajstić information content (AvgIpc) is 3.27. The van der Waals surface area contributed by atoms with Crippen molar-refractivity contribution in [3.8, 4) is 0 Å². The van der Waals surface area contributed by atoms with Crippen LogP contribution in [-0.2, 0) is 39.4 Å². The number of fused-ring (bicyclic) bond motifs is 3. The summed E-state index contributed by atoms with van der Waals surface area (Å²) in [5, 5.41) is 19.4. The van der Waals surface area contributed by atoms with Crippen LogP contribution in [0.2, 0.25) is 0 Å². The molecule has 2 saturated heterocycles. The molecule has 1 N–H and O–H groups in total. The molecule has 0 amide bonds. The summed E-state index contributed by atoms with van der Waals surface area (Å²) >= 11 is 0. The number of ether oxygens (including phenoxy) is 3. The summed E-state index contributed by atoms with van der Waals surface area (Å²) in [4.78, 5) is 0. The van der Waals surface area contributed by atoms with Gasteiger partial charge in [-0.3, -0.25) is 0 Å². The molecule has 2 aromatic rings. The van der Waals surface area contributed by atoms with Crippen molar-refractivity contribution in [3.05, 3.63) is 46.8 Å². The van der Waals surface area contributed by atoms with Crippen molar-refractivity contribution in [3.63, 3.8) is 0 Å². The standard InChI is InChI=1S/C18H21N3O4/c22-18(5-3-15-11-24-17(18)25-15)16-9-21(20-19-16)8-12-1-2-13-4-6-23-10-14(13)7-12/h1-2,7,9,15,17,22H,3-6,8,10-11H2/t15-,17+,18?/m0/s1. The molecule has 1 aromatic heterocycles. The molecule has 25 heavy (non-hydrogen) atoms. The van der Waals surface area contributed by atoms with Crippen molar-refractivity contribution in [2.45, 2.75) is 50.4 Å². The maximum Gasteiger partial charge on any atom is 0.192 e. The van der Waals surface area contributed by atoms with Gasteiger partial charge in [-0.05, 0) is 36.0 Å². The lowest BCUT2D eigenvalue weighted by atomic mass is 9.90. The van der Waals surface area contributed by atoms with E-state index < -0.39 is 11.9 Å². The van der Waals surface area contributed by atoms with Gasteiger partial charge >= 0.3 is 0 Å². The van der Waals surface area contributed by atoms with Crippen LogP contribution >= 0.6 is 0 Å². The highest BCUT2D eigenvalue weighted by Gasteiger charge is 2.51. The highest BCUT2D eigenvalue weighted by Crippen LogP contribution is 2.40. The molecule has 3 atom stereocenters. The van der Waals surface area contributed by atoms with Crippen molar-refractivity contribution in [2.75, 3.05) is 13.2 Å². The maximum atomic E-state index is 11.0. The zero-order valence-electron chi connectivity index (χ0n) is 13.9. The molecule has 1 aromatic carbocycles. The van der Waals surface area contributed by atoms with E-state index in [0.29, 0.717) is 31.9 Å². The van der Waals surface area contributed by atoms with Crippen molar-refractivity contribution >= 4 is 0 Å². The molecule has 2 bridgehead atoms. The van der Waals surface area contributed by atoms with Crippen LogP contribution in [0.4, 0.5) is 0 Å². The molecule has 0 aliphatic carbocycles. The van der Waals surface area contributed by atoms with Crippen molar-refractivity contribution < 1.29 is 19.3 Å². The summed E-state index contributed by atoms with van der Waals surface area (Å²) in [6.07, 6.45) is 3.57. The minimum absolute atomic E-state index is 0.0954. The van der Waals surface area contributed by atoms with E-state index in [1.807, 2.05) is 0 Å². The molecule has 7 nitrogen and oxygen atoms in total. The van der Waals surface area contributed by atoms with Gasteiger partial charge in [-0.25, -0.2) is 4.68 Å². The molecule has 2 fully saturated rings. The number of hydrogen-bond acceptors (Lipinski definition) is 6. The van der Waals surface area contributed by atoms with Gasteiger partial charge in [0.2, 0.25) is 0 Å². The summed E-state index contributed by atoms with van der Waals surface area (Å²) in [6, 6.07) is 6.45. The first kappa shape index (κ1) is 15.5. The minimum Gasteiger partial charge on any atom is -0.378 e. The van der Waals surface area contributed by atoms with E-state index >= 15 is 0 Å². The monoisotopic (exact) mass is 343 g/mol. The Morgan fingerprint density at radius 3 is 3.24 bits per heavy atom. The van der Waals surface area contributed by atoms with E-state index in [1.165, 1.54) is 11.1 Å². The fraction of sp³-hybridized carbons (Fsp3) is 0.556. The maximum absolute atomic E-state index is 11.0. The molecule has 0 spiro atoms. The van der Waals surface area contributed by atoms with E-state index in [1.54, 1.807) is 10.9 Å². The second kappa shape index (κ2) is 5.88. The Balaban J connectivity index is 1.36. The van der Waals surface area contributed by atoms with Crippen molar-refractivity contribution in [2.24, 2.45) is 0 Å². The second-order valence-corrected chi connectivity index (χ2v) is 7.09. The third-order valence-electron chi connectivity index (χ3n) is 5.36. The van der Waals surface area contributed by atoms with Gasteiger partial charge in [-0.15, -0.1) is 5.10 Å². The third kappa shape index (κ3) is 2.67. The number of hydrogen-bond donors (Lipinski definition) is 1. The zero-order valence-corrected chi connectivity index (χ0v) is 13.9. The topological polar surface area (TPSA) is 78.6 Å². The van der Waals surface area contributed by atoms with Crippen LogP contribution in [0, 0.1) is 0 Å². The molecule has 7 heteroatoms. The van der Waals surface area contributed by atoms with Crippen LogP contribution in [0.1, 0.15) is 35.2 Å². The number of rotatable bonds is 3. The van der Waals surface area contributed by atoms with E-state index in [-0.39, 0.29) is 6.10 Å². The molecule has 4 heterocycles. The molecule has 0 radical (unpaired) electrons. The lowest BCUT2D eigenvalue weighted by molar-refractivity contribution is -0.219. The fourth-order valence-electron chi connectivity index (χ4n) is 3.88. The van der Waals surface area contributed by atoms with Crippen LogP contribution in [0.25, 0.3) is 0 Å². The zero-order chi connectivity index (χ0) is 16.9. The Morgan fingerprint density at radius 2 is 2.28 bits per heavy atom. The number of aromatic nitrogens is 3. The molecule has 1 unspecified atom stereocenters. The predicted molar refractivity (Wildman–Crippen MR) is 86.7 cm³/mol. The Bertz CT molecular complexity index is 792. The highest BCUT2D eigenvalue weighted by atomic mass is 16.7. The molecule has 0 saturated carbocycles. The first-order chi connectivity index (χ1) is 12.2. The summed E-state index contributed by atoms with van der Waals surface area (Å²) in [5.74, 6) is 0. The van der Waals surface area contributed by atoms with Crippen molar-refractivity contribution in [1.29, 1.82) is 0 Å². The molecular weight excluding hydrogens is 322 g/mol. The summed E-state index contributed by atoms with van der Waals surface area (Å²) in [5.41, 5.74) is 3.04. The van der Waals surface area contributed by atoms with E-state index in [4.69, 9.17) is 14.2 Å². The second-order valence-electron chi connectivity index (χ2n) is 7.09. The van der Waals surface area contributed by atoms with Crippen LogP contribution in [-0.4, -0.2) is 45.7 Å². The minimum atomic E-state index is -1.21. The molecule has 3 aliphatic rings. The van der Waals surface area contributed by atoms with Gasteiger partial charge in [0.05, 0.1) is 38.7 Å². The summed E-state index contributed by atoms with van der Waals surface area (Å²) in [7, 11) is 0. The van der Waals surface area contributed by atoms with Gasteiger partial charge in [0, 0.05) is 0 Å². The van der Waals surface area contributed by atoms with Gasteiger partial charge in [-0.2, -0.15) is 0 Å². The van der Waals surface area contributed by atoms with Gasteiger partial charge in [0.15, 0.2) is 11.9 Å². The SMILES string of the molecule is OC1(c2cn(Cc3ccc4c(c3)COCC4)nn2)CC[C@H]2CO[C@@H]1O2. The normalized spacial score (nSPS) is 31.1. The van der Waals surface area contributed by atoms with Crippen LogP contribution in [0.15, 0.2) is 24.4 Å². The molecule has 5 rings (SSSR count). The smallest absolute Gasteiger partial charge is 0.192 e. The number of nitrogens with zero attached hydrogens (tertiary/aromatic N) is 3. The quantitative estimate of drug-likeness (QED) is 0.900. The van der Waals surface area contributed by atoms with Crippen molar-refractivity contribution in [1.82, 2.24) is 15.0 Å². The Labute approximate surface area is 145 Å². The number of benzene rings is 1. The van der Waals surface area contributed by atoms with Gasteiger partial charge in [-0.1, -0.05) is 23.4 Å². The average molecular weight is 343 g/mol. The van der Waals surface area contributed by atoms with Gasteiger partial charge in [0.1, 0.15) is 5.69 Å². The summed E-state index contributed by atoms with van der Waals surface area (Å²) < 4.78 is 18.5. The predicted octanol–water partition coefficient (Wildman–Crippen LogP) is 1.12. The summed E-state index contributed by atoms with van der Waals surface area (Å²) in [6.45, 7) is 2.61. The fourth-order valence-corrected chi connectivity index (χ4v) is 3.88. The Kier molecular flexibility index (Phi) is 3.63. The van der Waals surface area contributed by atoms with Crippen LogP contribution in [0.5, 0.6) is 0 Å². The van der Waals surface area contributed by atoms with E-state index in [9.17, 15) is 5.11 Å². The molecule has 132 valence electrons. The van der Waals surface area contributed by atoms with Crippen LogP contribution in [0.3, 0.4) is 0 Å².